The van der Waals surface area contributed by atoms with E-state index in [9.17, 15) is 19.5 Å². The van der Waals surface area contributed by atoms with Gasteiger partial charge in [-0.05, 0) is 139 Å². The highest BCUT2D eigenvalue weighted by atomic mass is 16.7. The van der Waals surface area contributed by atoms with Crippen LogP contribution >= 0.6 is 0 Å². The molecule has 0 unspecified atom stereocenters. The fourth-order valence-corrected chi connectivity index (χ4v) is 16.8. The van der Waals surface area contributed by atoms with E-state index < -0.39 is 12.1 Å². The molecule has 560 valence electrons. The number of methoxy groups -OCH3 is 3. The van der Waals surface area contributed by atoms with E-state index in [1.807, 2.05) is 0 Å². The van der Waals surface area contributed by atoms with E-state index in [1.165, 1.54) is 132 Å². The van der Waals surface area contributed by atoms with Crippen LogP contribution in [0.3, 0.4) is 0 Å². The summed E-state index contributed by atoms with van der Waals surface area (Å²) >= 11 is 0. The summed E-state index contributed by atoms with van der Waals surface area (Å²) in [4.78, 5) is 35.4. The lowest BCUT2D eigenvalue weighted by atomic mass is 9.68. The zero-order valence-electron chi connectivity index (χ0n) is 63.8. The van der Waals surface area contributed by atoms with Gasteiger partial charge in [0.2, 0.25) is 0 Å². The van der Waals surface area contributed by atoms with Crippen LogP contribution in [0.1, 0.15) is 314 Å². The summed E-state index contributed by atoms with van der Waals surface area (Å²) in [6.07, 6.45) is 44.3. The lowest BCUT2D eigenvalue weighted by Gasteiger charge is -2.42. The van der Waals surface area contributed by atoms with Crippen LogP contribution in [0, 0.1) is 17.8 Å². The van der Waals surface area contributed by atoms with Crippen LogP contribution in [-0.2, 0) is 66.5 Å². The normalized spacial score (nSPS) is 35.1. The molecule has 9 rings (SSSR count). The van der Waals surface area contributed by atoms with Gasteiger partial charge in [0, 0.05) is 40.6 Å². The lowest BCUT2D eigenvalue weighted by molar-refractivity contribution is -0.172. The second kappa shape index (κ2) is 40.3. The number of carbonyl (C=O) groups is 3. The van der Waals surface area contributed by atoms with Crippen molar-refractivity contribution in [3.63, 3.8) is 0 Å². The average Bonchev–Trinajstić information content (AvgIpc) is 1.55. The van der Waals surface area contributed by atoms with Gasteiger partial charge in [0.1, 0.15) is 52.4 Å². The molecule has 16 heteroatoms. The van der Waals surface area contributed by atoms with Crippen LogP contribution in [0.25, 0.3) is 0 Å². The summed E-state index contributed by atoms with van der Waals surface area (Å²) in [5, 5.41) is 18.6. The number of aliphatic hydroxyl groups excluding tert-OH is 1. The number of allylic oxidation sites excluding steroid dienone is 3. The number of carboxylic acids is 1. The van der Waals surface area contributed by atoms with Gasteiger partial charge in [-0.15, -0.1) is 0 Å². The van der Waals surface area contributed by atoms with E-state index in [0.29, 0.717) is 19.3 Å². The Bertz CT molecular complexity index is 2310. The quantitative estimate of drug-likeness (QED) is 0.0252. The molecule has 6 saturated heterocycles. The van der Waals surface area contributed by atoms with E-state index in [0.717, 1.165) is 116 Å². The number of aliphatic hydroxyl groups is 1. The van der Waals surface area contributed by atoms with E-state index in [4.69, 9.17) is 57.2 Å². The van der Waals surface area contributed by atoms with Gasteiger partial charge in [0.15, 0.2) is 0 Å². The van der Waals surface area contributed by atoms with Gasteiger partial charge < -0.3 is 62.3 Å². The number of unbranched alkanes of at least 4 members (excludes halogenated alkanes) is 21. The first-order valence-corrected chi connectivity index (χ1v) is 39.1. The van der Waals surface area contributed by atoms with Crippen LogP contribution in [-0.4, -0.2) is 158 Å². The second-order valence-electron chi connectivity index (χ2n) is 31.8. The van der Waals surface area contributed by atoms with E-state index in [1.54, 1.807) is 21.3 Å². The van der Waals surface area contributed by atoms with Gasteiger partial charge >= 0.3 is 17.9 Å². The summed E-state index contributed by atoms with van der Waals surface area (Å²) in [7, 11) is 5.14. The first kappa shape index (κ1) is 83.2. The number of carbonyl (C=O) groups excluding carboxylic acids is 2. The number of aliphatic carboxylic acids is 1. The van der Waals surface area contributed by atoms with Crippen molar-refractivity contribution in [3.05, 3.63) is 34.9 Å². The van der Waals surface area contributed by atoms with Crippen molar-refractivity contribution >= 4 is 17.9 Å². The maximum Gasteiger partial charge on any atom is 0.306 e. The molecule has 97 heavy (non-hydrogen) atoms. The van der Waals surface area contributed by atoms with Crippen molar-refractivity contribution < 1.29 is 76.7 Å². The Morgan fingerprint density at radius 3 is 0.948 bits per heavy atom. The predicted molar refractivity (Wildman–Crippen MR) is 384 cm³/mol. The Kier molecular flexibility index (Phi) is 34.6. The van der Waals surface area contributed by atoms with Crippen molar-refractivity contribution in [2.24, 2.45) is 17.8 Å². The van der Waals surface area contributed by atoms with Crippen LogP contribution in [0.15, 0.2) is 34.9 Å². The molecule has 0 radical (unpaired) electrons. The van der Waals surface area contributed by atoms with Crippen molar-refractivity contribution in [1.82, 2.24) is 0 Å². The van der Waals surface area contributed by atoms with Crippen LogP contribution in [0.5, 0.6) is 0 Å². The predicted octanol–water partition coefficient (Wildman–Crippen LogP) is 17.9. The minimum Gasteiger partial charge on any atom is -0.481 e. The Balaban J connectivity index is 0.000000215. The molecule has 0 bridgehead atoms. The van der Waals surface area contributed by atoms with E-state index >= 15 is 0 Å². The number of carboxylic acid groups (broad SMARTS) is 1. The van der Waals surface area contributed by atoms with Gasteiger partial charge in [-0.25, -0.2) is 0 Å². The number of epoxide rings is 6. The Morgan fingerprint density at radius 1 is 0.412 bits per heavy atom. The first-order chi connectivity index (χ1) is 46.4. The standard InChI is InChI=1S/2C27H46O5.C16H26O4.C11H22O2/c2*1-6-7-8-9-10-11-12-13-14-23(28)31-21-17-18-27(19-30-27)25(24(21)29-5)26(4)22(32-26)16-15-20(2)3;1-10(2)5-6-12-15(3,20-12)14-13(18-4)11(17)7-8-16(14)9-19-16;1-2-3-4-5-6-7-8-9-10-11(12)13/h2*15,21-22,24-25H,6-14,16-19H2,1-5H3;5,11-14,17H,6-9H2,1-4H3;2-10H2,1H3,(H,12,13)/t2*21-,22-,24-,25-,26+,27+;11-,12-,13-,14-,15+,16+;/m111./s1. The third-order valence-electron chi connectivity index (χ3n) is 23.0. The maximum atomic E-state index is 12.6. The topological polar surface area (TPSA) is 213 Å². The average molecular weight is 1370 g/mol. The third-order valence-corrected chi connectivity index (χ3v) is 23.0. The highest BCUT2D eigenvalue weighted by molar-refractivity contribution is 5.70. The maximum absolute atomic E-state index is 12.6. The minimum atomic E-state index is -0.661. The molecule has 9 fully saturated rings. The summed E-state index contributed by atoms with van der Waals surface area (Å²) in [5.41, 5.74) is 2.66. The Hall–Kier alpha value is -2.77. The molecule has 16 nitrogen and oxygen atoms in total. The van der Waals surface area contributed by atoms with Crippen LogP contribution in [0.4, 0.5) is 0 Å². The van der Waals surface area contributed by atoms with Crippen molar-refractivity contribution in [1.29, 1.82) is 0 Å². The monoisotopic (exact) mass is 1370 g/mol. The van der Waals surface area contributed by atoms with Crippen molar-refractivity contribution in [2.45, 2.75) is 403 Å². The fraction of sp³-hybridized carbons (Fsp3) is 0.889. The molecule has 6 aliphatic heterocycles. The molecule has 2 N–H and O–H groups in total. The van der Waals surface area contributed by atoms with Gasteiger partial charge in [0.25, 0.3) is 0 Å². The van der Waals surface area contributed by atoms with Gasteiger partial charge in [-0.3, -0.25) is 14.4 Å². The van der Waals surface area contributed by atoms with Gasteiger partial charge in [0.05, 0.1) is 73.7 Å². The first-order valence-electron chi connectivity index (χ1n) is 39.1. The van der Waals surface area contributed by atoms with E-state index in [2.05, 4.69) is 101 Å². The SMILES string of the molecule is CCCCCCCCCCC(=O)O.CCCCCCCCCCC(=O)O[C@@H]1CC[C@]2(CO2)[C@@H]([C@@]2(C)O[C@@H]2CC=C(C)C)[C@@H]1OC.CCCCCCCCCCC(=O)O[C@@H]1CC[C@]2(CO2)[C@@H]([C@@]2(C)O[C@@H]2CC=C(C)C)[C@@H]1OC.CO[C@@H]1[C@H](O)CC[C@]2(CO2)[C@H]1[C@@]1(C)O[C@@H]1CC=C(C)C. The molecule has 0 aromatic rings. The van der Waals surface area contributed by atoms with Gasteiger partial charge in [-0.2, -0.15) is 0 Å². The highest BCUT2D eigenvalue weighted by Gasteiger charge is 2.74. The molecule has 6 heterocycles. The number of ether oxygens (including phenoxy) is 11. The summed E-state index contributed by atoms with van der Waals surface area (Å²) < 4.78 is 65.8. The molecule has 0 aromatic carbocycles. The smallest absolute Gasteiger partial charge is 0.306 e. The number of rotatable bonds is 41. The van der Waals surface area contributed by atoms with Crippen LogP contribution in [0.2, 0.25) is 0 Å². The zero-order valence-corrected chi connectivity index (χ0v) is 63.8. The molecule has 0 aromatic heterocycles. The molecule has 18 atom stereocenters. The third kappa shape index (κ3) is 25.0. The molecule has 3 saturated carbocycles. The number of hydrogen-bond acceptors (Lipinski definition) is 15. The molecule has 0 amide bonds. The highest BCUT2D eigenvalue weighted by Crippen LogP contribution is 2.62. The Morgan fingerprint density at radius 2 is 0.680 bits per heavy atom. The fourth-order valence-electron chi connectivity index (χ4n) is 16.8. The summed E-state index contributed by atoms with van der Waals surface area (Å²) in [6, 6.07) is 0. The van der Waals surface area contributed by atoms with Crippen molar-refractivity contribution in [3.8, 4) is 0 Å². The summed E-state index contributed by atoms with van der Waals surface area (Å²) in [6.45, 7) is 28.2. The molecule has 9 aliphatic rings. The lowest BCUT2D eigenvalue weighted by Crippen LogP contribution is -2.55. The Labute approximate surface area is 588 Å². The van der Waals surface area contributed by atoms with E-state index in [-0.39, 0.29) is 112 Å². The zero-order chi connectivity index (χ0) is 70.9. The molecular weight excluding hydrogens is 1230 g/mol. The minimum absolute atomic E-state index is 0.0857. The van der Waals surface area contributed by atoms with Crippen molar-refractivity contribution in [2.75, 3.05) is 41.2 Å². The van der Waals surface area contributed by atoms with Crippen LogP contribution < -0.4 is 0 Å². The number of hydrogen-bond donors (Lipinski definition) is 2. The molecule has 3 aliphatic carbocycles. The second-order valence-corrected chi connectivity index (χ2v) is 31.8. The molecule has 3 spiro atoms. The number of esters is 2. The molecular formula is C81H140O16. The largest absolute Gasteiger partial charge is 0.481 e. The van der Waals surface area contributed by atoms with Gasteiger partial charge in [-0.1, -0.05) is 191 Å². The summed E-state index contributed by atoms with van der Waals surface area (Å²) in [5.74, 6) is -0.532.